The average molecular weight is 325 g/mol. The number of terminal acetylenes is 1. The zero-order valence-electron chi connectivity index (χ0n) is 16.1. The molecule has 0 amide bonds. The molecule has 0 aliphatic carbocycles. The summed E-state index contributed by atoms with van der Waals surface area (Å²) in [7, 11) is -1.73. The summed E-state index contributed by atoms with van der Waals surface area (Å²) in [6.07, 6.45) is 18.9. The molecule has 0 aromatic rings. The van der Waals surface area contributed by atoms with Gasteiger partial charge in [-0.3, -0.25) is 0 Å². The molecule has 0 spiro atoms. The molecule has 130 valence electrons. The zero-order chi connectivity index (χ0) is 17.1. The van der Waals surface area contributed by atoms with Crippen molar-refractivity contribution < 1.29 is 4.43 Å². The van der Waals surface area contributed by atoms with E-state index in [1.807, 2.05) is 0 Å². The quantitative estimate of drug-likeness (QED) is 0.215. The molecule has 0 aromatic carbocycles. The van der Waals surface area contributed by atoms with E-state index in [2.05, 4.69) is 46.7 Å². The first-order valence-electron chi connectivity index (χ1n) is 9.38. The maximum absolute atomic E-state index is 6.33. The Morgan fingerprint density at radius 3 is 1.77 bits per heavy atom. The monoisotopic (exact) mass is 324 g/mol. The molecular weight excluding hydrogens is 284 g/mol. The topological polar surface area (TPSA) is 9.23 Å². The maximum Gasteiger partial charge on any atom is 0.193 e. The smallest absolute Gasteiger partial charge is 0.193 e. The Morgan fingerprint density at radius 2 is 1.36 bits per heavy atom. The van der Waals surface area contributed by atoms with Gasteiger partial charge in [-0.2, -0.15) is 0 Å². The summed E-state index contributed by atoms with van der Waals surface area (Å²) in [6.45, 7) is 13.6. The SMILES string of the molecule is C#C[C@@H](CCCCCCCCCCC)O[Si](C)(C)C(C)(C)C. The van der Waals surface area contributed by atoms with Crippen molar-refractivity contribution in [3.63, 3.8) is 0 Å². The van der Waals surface area contributed by atoms with Crippen molar-refractivity contribution in [1.29, 1.82) is 0 Å². The molecule has 2 heteroatoms. The van der Waals surface area contributed by atoms with Crippen LogP contribution in [0.25, 0.3) is 0 Å². The van der Waals surface area contributed by atoms with E-state index in [0.717, 1.165) is 6.42 Å². The average Bonchev–Trinajstić information content (AvgIpc) is 2.42. The first kappa shape index (κ1) is 21.7. The van der Waals surface area contributed by atoms with E-state index >= 15 is 0 Å². The van der Waals surface area contributed by atoms with Gasteiger partial charge in [-0.1, -0.05) is 85.0 Å². The number of hydrogen-bond acceptors (Lipinski definition) is 1. The second kappa shape index (κ2) is 11.3. The fourth-order valence-electron chi connectivity index (χ4n) is 2.35. The fraction of sp³-hybridized carbons (Fsp3) is 0.900. The van der Waals surface area contributed by atoms with Crippen LogP contribution in [-0.4, -0.2) is 14.4 Å². The van der Waals surface area contributed by atoms with E-state index in [-0.39, 0.29) is 11.1 Å². The molecule has 0 N–H and O–H groups in total. The van der Waals surface area contributed by atoms with E-state index in [1.165, 1.54) is 57.8 Å². The van der Waals surface area contributed by atoms with Gasteiger partial charge in [0.15, 0.2) is 8.32 Å². The van der Waals surface area contributed by atoms with Crippen LogP contribution in [0.3, 0.4) is 0 Å². The summed E-state index contributed by atoms with van der Waals surface area (Å²) < 4.78 is 6.33. The molecule has 0 unspecified atom stereocenters. The minimum Gasteiger partial charge on any atom is -0.403 e. The van der Waals surface area contributed by atoms with Gasteiger partial charge in [0.25, 0.3) is 0 Å². The minimum atomic E-state index is -1.73. The van der Waals surface area contributed by atoms with E-state index in [9.17, 15) is 0 Å². The third-order valence-corrected chi connectivity index (χ3v) is 9.48. The molecule has 0 aliphatic rings. The van der Waals surface area contributed by atoms with Crippen LogP contribution in [-0.2, 0) is 4.43 Å². The van der Waals surface area contributed by atoms with Crippen LogP contribution in [0, 0.1) is 12.3 Å². The van der Waals surface area contributed by atoms with Gasteiger partial charge in [0.2, 0.25) is 0 Å². The molecule has 0 aliphatic heterocycles. The second-order valence-corrected chi connectivity index (χ2v) is 12.9. The number of unbranched alkanes of at least 4 members (excludes halogenated alkanes) is 8. The Balaban J connectivity index is 3.78. The largest absolute Gasteiger partial charge is 0.403 e. The Kier molecular flexibility index (Phi) is 11.2. The standard InChI is InChI=1S/C20H40OSi/c1-8-10-11-12-13-14-15-16-17-18-19(9-2)21-22(6,7)20(3,4)5/h2,19H,8,10-18H2,1,3-7H3/t19-/m0/s1. The first-order chi connectivity index (χ1) is 10.2. The van der Waals surface area contributed by atoms with Gasteiger partial charge in [0.1, 0.15) is 6.10 Å². The van der Waals surface area contributed by atoms with Crippen molar-refractivity contribution in [3.8, 4) is 12.3 Å². The number of hydrogen-bond donors (Lipinski definition) is 0. The summed E-state index contributed by atoms with van der Waals surface area (Å²) in [4.78, 5) is 0. The Bertz CT molecular complexity index is 309. The second-order valence-electron chi connectivity index (χ2n) is 8.15. The summed E-state index contributed by atoms with van der Waals surface area (Å²) in [5.74, 6) is 2.87. The van der Waals surface area contributed by atoms with Crippen molar-refractivity contribution in [1.82, 2.24) is 0 Å². The number of rotatable bonds is 12. The summed E-state index contributed by atoms with van der Waals surface area (Å²) in [5, 5.41) is 0.237. The van der Waals surface area contributed by atoms with E-state index in [4.69, 9.17) is 10.8 Å². The van der Waals surface area contributed by atoms with Gasteiger partial charge >= 0.3 is 0 Å². The lowest BCUT2D eigenvalue weighted by atomic mass is 10.1. The van der Waals surface area contributed by atoms with Crippen molar-refractivity contribution >= 4 is 8.32 Å². The summed E-state index contributed by atoms with van der Waals surface area (Å²) in [6, 6.07) is 0. The third-order valence-electron chi connectivity index (χ3n) is 5.00. The molecule has 0 aromatic heterocycles. The molecule has 0 radical (unpaired) electrons. The highest BCUT2D eigenvalue weighted by atomic mass is 28.4. The van der Waals surface area contributed by atoms with Crippen molar-refractivity contribution in [3.05, 3.63) is 0 Å². The lowest BCUT2D eigenvalue weighted by Gasteiger charge is -2.38. The zero-order valence-corrected chi connectivity index (χ0v) is 17.1. The summed E-state index contributed by atoms with van der Waals surface area (Å²) in [5.41, 5.74) is 0. The molecule has 0 fully saturated rings. The molecule has 1 nitrogen and oxygen atoms in total. The van der Waals surface area contributed by atoms with Crippen LogP contribution in [0.4, 0.5) is 0 Å². The van der Waals surface area contributed by atoms with Crippen LogP contribution in [0.2, 0.25) is 18.1 Å². The van der Waals surface area contributed by atoms with Crippen LogP contribution < -0.4 is 0 Å². The molecule has 22 heavy (non-hydrogen) atoms. The first-order valence-corrected chi connectivity index (χ1v) is 12.3. The predicted molar refractivity (Wildman–Crippen MR) is 103 cm³/mol. The van der Waals surface area contributed by atoms with Crippen LogP contribution in [0.15, 0.2) is 0 Å². The summed E-state index contributed by atoms with van der Waals surface area (Å²) >= 11 is 0. The van der Waals surface area contributed by atoms with Gasteiger partial charge in [-0.15, -0.1) is 6.42 Å². The van der Waals surface area contributed by atoms with E-state index in [1.54, 1.807) is 0 Å². The highest BCUT2D eigenvalue weighted by Crippen LogP contribution is 2.37. The molecule has 1 atom stereocenters. The molecule has 0 bridgehead atoms. The normalized spacial score (nSPS) is 13.9. The van der Waals surface area contributed by atoms with Crippen LogP contribution in [0.5, 0.6) is 0 Å². The van der Waals surface area contributed by atoms with Crippen molar-refractivity contribution in [2.75, 3.05) is 0 Å². The lowest BCUT2D eigenvalue weighted by Crippen LogP contribution is -2.43. The Hall–Kier alpha value is -0.263. The molecular formula is C20H40OSi. The predicted octanol–water partition coefficient (Wildman–Crippen LogP) is 6.93. The van der Waals surface area contributed by atoms with Gasteiger partial charge in [-0.05, 0) is 31.0 Å². The highest BCUT2D eigenvalue weighted by molar-refractivity contribution is 6.74. The highest BCUT2D eigenvalue weighted by Gasteiger charge is 2.38. The van der Waals surface area contributed by atoms with Crippen LogP contribution >= 0.6 is 0 Å². The molecule has 0 heterocycles. The van der Waals surface area contributed by atoms with Gasteiger partial charge in [-0.25, -0.2) is 0 Å². The van der Waals surface area contributed by atoms with Crippen molar-refractivity contribution in [2.45, 2.75) is 116 Å². The Labute approximate surface area is 141 Å². The van der Waals surface area contributed by atoms with Crippen LogP contribution in [0.1, 0.15) is 91.9 Å². The van der Waals surface area contributed by atoms with Gasteiger partial charge < -0.3 is 4.43 Å². The fourth-order valence-corrected chi connectivity index (χ4v) is 3.60. The van der Waals surface area contributed by atoms with E-state index in [0.29, 0.717) is 0 Å². The third kappa shape index (κ3) is 9.69. The van der Waals surface area contributed by atoms with Crippen molar-refractivity contribution in [2.24, 2.45) is 0 Å². The molecule has 0 rings (SSSR count). The van der Waals surface area contributed by atoms with E-state index < -0.39 is 8.32 Å². The minimum absolute atomic E-state index is 0.0189. The van der Waals surface area contributed by atoms with Gasteiger partial charge in [0.05, 0.1) is 0 Å². The Morgan fingerprint density at radius 1 is 0.909 bits per heavy atom. The molecule has 0 saturated carbocycles. The maximum atomic E-state index is 6.33. The van der Waals surface area contributed by atoms with Gasteiger partial charge in [0, 0.05) is 0 Å². The molecule has 0 saturated heterocycles. The lowest BCUT2D eigenvalue weighted by molar-refractivity contribution is 0.219.